The van der Waals surface area contributed by atoms with E-state index < -0.39 is 0 Å². The standard InChI is InChI=1S/C21H18N4O3S/c26-17(11-10-14-6-2-1-3-7-14)22-21-24-23-18(29-21)12-13-25-19(27)15-8-4-5-9-16(15)20(25)28/h1-9H,10-13H2,(H,22,24,26). The number of nitrogens with one attached hydrogen (secondary N) is 1. The van der Waals surface area contributed by atoms with E-state index in [0.717, 1.165) is 5.56 Å². The molecule has 0 saturated heterocycles. The van der Waals surface area contributed by atoms with Crippen molar-refractivity contribution in [3.8, 4) is 0 Å². The molecule has 3 aromatic rings. The quantitative estimate of drug-likeness (QED) is 0.609. The summed E-state index contributed by atoms with van der Waals surface area (Å²) in [7, 11) is 0. The van der Waals surface area contributed by atoms with Crippen molar-refractivity contribution >= 4 is 34.2 Å². The van der Waals surface area contributed by atoms with Gasteiger partial charge in [0.25, 0.3) is 11.8 Å². The van der Waals surface area contributed by atoms with Crippen molar-refractivity contribution in [3.05, 3.63) is 76.3 Å². The summed E-state index contributed by atoms with van der Waals surface area (Å²) in [5, 5.41) is 11.9. The maximum absolute atomic E-state index is 12.4. The van der Waals surface area contributed by atoms with E-state index in [1.54, 1.807) is 24.3 Å². The fourth-order valence-electron chi connectivity index (χ4n) is 3.14. The van der Waals surface area contributed by atoms with Gasteiger partial charge < -0.3 is 5.32 Å². The number of aryl methyl sites for hydroxylation is 1. The minimum absolute atomic E-state index is 0.128. The molecule has 2 aromatic carbocycles. The lowest BCUT2D eigenvalue weighted by Gasteiger charge is -2.12. The highest BCUT2D eigenvalue weighted by atomic mass is 32.1. The van der Waals surface area contributed by atoms with E-state index in [1.165, 1.54) is 16.2 Å². The van der Waals surface area contributed by atoms with Crippen molar-refractivity contribution in [2.75, 3.05) is 11.9 Å². The molecule has 1 aliphatic heterocycles. The van der Waals surface area contributed by atoms with Crippen molar-refractivity contribution in [2.24, 2.45) is 0 Å². The van der Waals surface area contributed by atoms with Gasteiger partial charge in [-0.05, 0) is 24.1 Å². The Labute approximate surface area is 171 Å². The van der Waals surface area contributed by atoms with E-state index in [4.69, 9.17) is 0 Å². The zero-order chi connectivity index (χ0) is 20.2. The number of aromatic nitrogens is 2. The number of benzene rings is 2. The van der Waals surface area contributed by atoms with Crippen LogP contribution in [0, 0.1) is 0 Å². The van der Waals surface area contributed by atoms with Gasteiger partial charge in [0.05, 0.1) is 11.1 Å². The summed E-state index contributed by atoms with van der Waals surface area (Å²) in [5.74, 6) is -0.703. The molecule has 0 fully saturated rings. The summed E-state index contributed by atoms with van der Waals surface area (Å²) < 4.78 is 0. The molecule has 0 bridgehead atoms. The highest BCUT2D eigenvalue weighted by molar-refractivity contribution is 7.15. The number of anilines is 1. The molecule has 4 rings (SSSR count). The first-order valence-electron chi connectivity index (χ1n) is 9.23. The molecule has 0 radical (unpaired) electrons. The van der Waals surface area contributed by atoms with Crippen LogP contribution in [0.25, 0.3) is 0 Å². The average molecular weight is 406 g/mol. The Morgan fingerprint density at radius 3 is 2.24 bits per heavy atom. The Balaban J connectivity index is 1.29. The molecule has 146 valence electrons. The normalized spacial score (nSPS) is 12.9. The molecule has 0 spiro atoms. The number of rotatable bonds is 7. The second-order valence-electron chi connectivity index (χ2n) is 6.59. The van der Waals surface area contributed by atoms with Crippen LogP contribution in [0.2, 0.25) is 0 Å². The molecule has 7 nitrogen and oxygen atoms in total. The van der Waals surface area contributed by atoms with E-state index in [1.807, 2.05) is 30.3 Å². The summed E-state index contributed by atoms with van der Waals surface area (Å²) in [5.41, 5.74) is 1.96. The van der Waals surface area contributed by atoms with Gasteiger partial charge in [0.1, 0.15) is 5.01 Å². The third-order valence-electron chi connectivity index (χ3n) is 4.62. The van der Waals surface area contributed by atoms with Gasteiger partial charge in [-0.15, -0.1) is 10.2 Å². The van der Waals surface area contributed by atoms with Gasteiger partial charge >= 0.3 is 0 Å². The third kappa shape index (κ3) is 4.22. The van der Waals surface area contributed by atoms with E-state index in [-0.39, 0.29) is 24.3 Å². The minimum atomic E-state index is -0.287. The maximum atomic E-state index is 12.4. The van der Waals surface area contributed by atoms with E-state index in [0.29, 0.717) is 40.5 Å². The van der Waals surface area contributed by atoms with Crippen LogP contribution in [0.4, 0.5) is 5.13 Å². The van der Waals surface area contributed by atoms with Gasteiger partial charge in [-0.25, -0.2) is 0 Å². The van der Waals surface area contributed by atoms with Gasteiger partial charge in [0, 0.05) is 19.4 Å². The van der Waals surface area contributed by atoms with E-state index in [2.05, 4.69) is 15.5 Å². The molecule has 3 amide bonds. The van der Waals surface area contributed by atoms with Crippen LogP contribution in [0.15, 0.2) is 54.6 Å². The van der Waals surface area contributed by atoms with Gasteiger partial charge in [0.15, 0.2) is 0 Å². The summed E-state index contributed by atoms with van der Waals surface area (Å²) in [6, 6.07) is 16.6. The number of amides is 3. The molecule has 1 aliphatic rings. The number of hydrogen-bond acceptors (Lipinski definition) is 6. The fraction of sp³-hybridized carbons (Fsp3) is 0.190. The highest BCUT2D eigenvalue weighted by Gasteiger charge is 2.34. The minimum Gasteiger partial charge on any atom is -0.301 e. The fourth-order valence-corrected chi connectivity index (χ4v) is 3.88. The molecule has 29 heavy (non-hydrogen) atoms. The molecule has 0 aliphatic carbocycles. The second-order valence-corrected chi connectivity index (χ2v) is 7.65. The number of hydrogen-bond donors (Lipinski definition) is 1. The lowest BCUT2D eigenvalue weighted by molar-refractivity contribution is -0.116. The molecule has 1 aromatic heterocycles. The predicted molar refractivity (Wildman–Crippen MR) is 109 cm³/mol. The molecule has 0 saturated carbocycles. The molecule has 0 atom stereocenters. The van der Waals surface area contributed by atoms with Crippen molar-refractivity contribution in [3.63, 3.8) is 0 Å². The van der Waals surface area contributed by atoms with Crippen LogP contribution in [0.5, 0.6) is 0 Å². The number of fused-ring (bicyclic) bond motifs is 1. The highest BCUT2D eigenvalue weighted by Crippen LogP contribution is 2.23. The van der Waals surface area contributed by atoms with Crippen molar-refractivity contribution in [1.82, 2.24) is 15.1 Å². The summed E-state index contributed by atoms with van der Waals surface area (Å²) in [6.45, 7) is 0.225. The molecule has 0 unspecified atom stereocenters. The van der Waals surface area contributed by atoms with Crippen LogP contribution in [-0.2, 0) is 17.6 Å². The van der Waals surface area contributed by atoms with Gasteiger partial charge in [0.2, 0.25) is 11.0 Å². The Morgan fingerprint density at radius 2 is 1.55 bits per heavy atom. The summed E-state index contributed by atoms with van der Waals surface area (Å²) in [6.07, 6.45) is 1.40. The molecule has 8 heteroatoms. The first-order chi connectivity index (χ1) is 14.1. The van der Waals surface area contributed by atoms with Crippen LogP contribution < -0.4 is 5.32 Å². The Kier molecular flexibility index (Phi) is 5.44. The van der Waals surface area contributed by atoms with Gasteiger partial charge in [-0.2, -0.15) is 0 Å². The lowest BCUT2D eigenvalue weighted by atomic mass is 10.1. The second kappa shape index (κ2) is 8.32. The smallest absolute Gasteiger partial charge is 0.261 e. The third-order valence-corrected chi connectivity index (χ3v) is 5.52. The summed E-state index contributed by atoms with van der Waals surface area (Å²) in [4.78, 5) is 38.1. The SMILES string of the molecule is O=C(CCc1ccccc1)Nc1nnc(CCN2C(=O)c3ccccc3C2=O)s1. The zero-order valence-electron chi connectivity index (χ0n) is 15.5. The summed E-state index contributed by atoms with van der Waals surface area (Å²) >= 11 is 1.25. The zero-order valence-corrected chi connectivity index (χ0v) is 16.3. The number of carbonyl (C=O) groups is 3. The monoisotopic (exact) mass is 406 g/mol. The average Bonchev–Trinajstić information content (AvgIpc) is 3.29. The van der Waals surface area contributed by atoms with Gasteiger partial charge in [-0.3, -0.25) is 19.3 Å². The van der Waals surface area contributed by atoms with Gasteiger partial charge in [-0.1, -0.05) is 53.8 Å². The first kappa shape index (κ1) is 18.9. The number of nitrogens with zero attached hydrogens (tertiary/aromatic N) is 3. The van der Waals surface area contributed by atoms with Crippen LogP contribution in [-0.4, -0.2) is 39.4 Å². The Hall–Kier alpha value is -3.39. The largest absolute Gasteiger partial charge is 0.301 e. The van der Waals surface area contributed by atoms with Crippen LogP contribution >= 0.6 is 11.3 Å². The lowest BCUT2D eigenvalue weighted by Crippen LogP contribution is -2.31. The molecular formula is C21H18N4O3S. The number of imide groups is 1. The van der Waals surface area contributed by atoms with Crippen LogP contribution in [0.3, 0.4) is 0 Å². The first-order valence-corrected chi connectivity index (χ1v) is 10.0. The molecule has 1 N–H and O–H groups in total. The van der Waals surface area contributed by atoms with Crippen LogP contribution in [0.1, 0.15) is 37.7 Å². The Morgan fingerprint density at radius 1 is 0.897 bits per heavy atom. The van der Waals surface area contributed by atoms with Crippen molar-refractivity contribution in [1.29, 1.82) is 0 Å². The molecule has 2 heterocycles. The van der Waals surface area contributed by atoms with Crippen molar-refractivity contribution < 1.29 is 14.4 Å². The van der Waals surface area contributed by atoms with E-state index in [9.17, 15) is 14.4 Å². The number of carbonyl (C=O) groups excluding carboxylic acids is 3. The maximum Gasteiger partial charge on any atom is 0.261 e. The molecular weight excluding hydrogens is 388 g/mol. The van der Waals surface area contributed by atoms with E-state index >= 15 is 0 Å². The topological polar surface area (TPSA) is 92.3 Å². The predicted octanol–water partition coefficient (Wildman–Crippen LogP) is 2.95. The Bertz CT molecular complexity index is 1030. The van der Waals surface area contributed by atoms with Crippen molar-refractivity contribution in [2.45, 2.75) is 19.3 Å².